The maximum absolute atomic E-state index is 9.67. The molecule has 1 N–H and O–H groups in total. The number of benzene rings is 1. The molecule has 0 unspecified atom stereocenters. The van der Waals surface area contributed by atoms with Crippen LogP contribution in [0.3, 0.4) is 0 Å². The van der Waals surface area contributed by atoms with Crippen molar-refractivity contribution in [1.82, 2.24) is 4.98 Å². The average Bonchev–Trinajstić information content (AvgIpc) is 2.70. The third kappa shape index (κ3) is 2.33. The molecule has 1 heterocycles. The molecule has 0 aliphatic rings. The first-order valence-corrected chi connectivity index (χ1v) is 5.64. The highest BCUT2D eigenvalue weighted by Crippen LogP contribution is 2.28. The molecule has 0 atom stereocenters. The van der Waals surface area contributed by atoms with Gasteiger partial charge in [0.05, 0.1) is 0 Å². The normalized spacial score (nSPS) is 11.8. The van der Waals surface area contributed by atoms with Gasteiger partial charge < -0.3 is 9.52 Å². The van der Waals surface area contributed by atoms with Crippen LogP contribution in [0.1, 0.15) is 32.2 Å². The van der Waals surface area contributed by atoms with Crippen molar-refractivity contribution in [3.63, 3.8) is 0 Å². The Bertz CT molecular complexity index is 535. The second kappa shape index (κ2) is 3.91. The number of hydrogen-bond acceptors (Lipinski definition) is 3. The number of aromatic nitrogens is 1. The topological polar surface area (TPSA) is 46.3 Å². The fraction of sp³-hybridized carbons (Fsp3) is 0.357. The van der Waals surface area contributed by atoms with Crippen LogP contribution in [-0.2, 0) is 5.41 Å². The highest BCUT2D eigenvalue weighted by molar-refractivity contribution is 5.61. The molecule has 0 spiro atoms. The minimum Gasteiger partial charge on any atom is -0.508 e. The highest BCUT2D eigenvalue weighted by atomic mass is 16.3. The van der Waals surface area contributed by atoms with Gasteiger partial charge in [0.25, 0.3) is 0 Å². The molecule has 1 aromatic carbocycles. The Labute approximate surface area is 101 Å². The van der Waals surface area contributed by atoms with E-state index in [1.807, 2.05) is 19.1 Å². The number of hydrogen-bond donors (Lipinski definition) is 1. The van der Waals surface area contributed by atoms with Gasteiger partial charge in [-0.3, -0.25) is 0 Å². The third-order valence-corrected chi connectivity index (χ3v) is 2.65. The van der Waals surface area contributed by atoms with Crippen LogP contribution in [0.5, 0.6) is 5.75 Å². The first-order chi connectivity index (χ1) is 7.88. The Balaban J connectivity index is 2.40. The van der Waals surface area contributed by atoms with Gasteiger partial charge in [0.1, 0.15) is 17.7 Å². The molecule has 0 radical (unpaired) electrons. The number of aryl methyl sites for hydroxylation is 1. The molecule has 1 aromatic heterocycles. The Morgan fingerprint density at radius 2 is 1.94 bits per heavy atom. The van der Waals surface area contributed by atoms with Gasteiger partial charge in [0.15, 0.2) is 5.89 Å². The first-order valence-electron chi connectivity index (χ1n) is 5.64. The molecule has 0 amide bonds. The van der Waals surface area contributed by atoms with Crippen molar-refractivity contribution >= 4 is 0 Å². The van der Waals surface area contributed by atoms with E-state index in [1.165, 1.54) is 0 Å². The van der Waals surface area contributed by atoms with Crippen molar-refractivity contribution in [2.75, 3.05) is 0 Å². The van der Waals surface area contributed by atoms with Gasteiger partial charge in [-0.1, -0.05) is 32.9 Å². The Kier molecular flexibility index (Phi) is 2.69. The van der Waals surface area contributed by atoms with Gasteiger partial charge in [-0.2, -0.15) is 0 Å². The summed E-state index contributed by atoms with van der Waals surface area (Å²) in [6.07, 6.45) is 1.63. The fourth-order valence-corrected chi connectivity index (χ4v) is 1.52. The quantitative estimate of drug-likeness (QED) is 0.814. The zero-order valence-electron chi connectivity index (χ0n) is 10.6. The molecule has 17 heavy (non-hydrogen) atoms. The van der Waals surface area contributed by atoms with Crippen LogP contribution in [0.2, 0.25) is 0 Å². The predicted molar refractivity (Wildman–Crippen MR) is 67.0 cm³/mol. The van der Waals surface area contributed by atoms with E-state index < -0.39 is 0 Å². The molecule has 3 heteroatoms. The molecule has 0 fully saturated rings. The molecular weight excluding hydrogens is 214 g/mol. The van der Waals surface area contributed by atoms with Gasteiger partial charge >= 0.3 is 0 Å². The molecule has 0 saturated carbocycles. The summed E-state index contributed by atoms with van der Waals surface area (Å²) >= 11 is 0. The summed E-state index contributed by atoms with van der Waals surface area (Å²) in [4.78, 5) is 4.44. The van der Waals surface area contributed by atoms with Crippen molar-refractivity contribution in [3.05, 3.63) is 35.9 Å². The van der Waals surface area contributed by atoms with Crippen LogP contribution in [0.25, 0.3) is 11.3 Å². The van der Waals surface area contributed by atoms with Crippen LogP contribution in [0.4, 0.5) is 0 Å². The van der Waals surface area contributed by atoms with Crippen LogP contribution in [-0.4, -0.2) is 10.1 Å². The minimum atomic E-state index is -0.106. The SMILES string of the molecule is Cc1ccc(-c2coc(C(C)(C)C)n2)cc1O. The zero-order chi connectivity index (χ0) is 12.6. The van der Waals surface area contributed by atoms with Gasteiger partial charge in [-0.25, -0.2) is 4.98 Å². The van der Waals surface area contributed by atoms with Gasteiger partial charge in [-0.15, -0.1) is 0 Å². The van der Waals surface area contributed by atoms with E-state index in [1.54, 1.807) is 12.3 Å². The number of phenolic OH excluding ortho intramolecular Hbond substituents is 1. The van der Waals surface area contributed by atoms with E-state index in [2.05, 4.69) is 25.8 Å². The second-order valence-electron chi connectivity index (χ2n) is 5.29. The minimum absolute atomic E-state index is 0.106. The fourth-order valence-electron chi connectivity index (χ4n) is 1.52. The summed E-state index contributed by atoms with van der Waals surface area (Å²) in [5, 5.41) is 9.67. The Morgan fingerprint density at radius 1 is 1.24 bits per heavy atom. The third-order valence-electron chi connectivity index (χ3n) is 2.65. The first kappa shape index (κ1) is 11.7. The molecule has 0 aliphatic carbocycles. The van der Waals surface area contributed by atoms with Crippen molar-refractivity contribution in [3.8, 4) is 17.0 Å². The molecule has 90 valence electrons. The lowest BCUT2D eigenvalue weighted by molar-refractivity contribution is 0.392. The summed E-state index contributed by atoms with van der Waals surface area (Å²) in [5.74, 6) is 0.982. The van der Waals surface area contributed by atoms with E-state index in [9.17, 15) is 5.11 Å². The van der Waals surface area contributed by atoms with E-state index in [0.717, 1.165) is 16.8 Å². The monoisotopic (exact) mass is 231 g/mol. The number of phenols is 1. The summed E-state index contributed by atoms with van der Waals surface area (Å²) in [5.41, 5.74) is 2.37. The number of rotatable bonds is 1. The summed E-state index contributed by atoms with van der Waals surface area (Å²) in [6, 6.07) is 5.51. The highest BCUT2D eigenvalue weighted by Gasteiger charge is 2.20. The summed E-state index contributed by atoms with van der Waals surface area (Å²) in [7, 11) is 0. The van der Waals surface area contributed by atoms with E-state index in [0.29, 0.717) is 5.89 Å². The number of oxazole rings is 1. The van der Waals surface area contributed by atoms with Crippen LogP contribution >= 0.6 is 0 Å². The van der Waals surface area contributed by atoms with Crippen LogP contribution in [0, 0.1) is 6.92 Å². The van der Waals surface area contributed by atoms with Crippen LogP contribution in [0.15, 0.2) is 28.9 Å². The van der Waals surface area contributed by atoms with Gasteiger partial charge in [0, 0.05) is 11.0 Å². The lowest BCUT2D eigenvalue weighted by Gasteiger charge is -2.11. The van der Waals surface area contributed by atoms with Crippen molar-refractivity contribution in [2.45, 2.75) is 33.1 Å². The summed E-state index contributed by atoms with van der Waals surface area (Å²) in [6.45, 7) is 8.02. The van der Waals surface area contributed by atoms with Crippen molar-refractivity contribution in [2.24, 2.45) is 0 Å². The van der Waals surface area contributed by atoms with E-state index in [-0.39, 0.29) is 11.2 Å². The predicted octanol–water partition coefficient (Wildman–Crippen LogP) is 3.65. The molecular formula is C14H17NO2. The standard InChI is InChI=1S/C14H17NO2/c1-9-5-6-10(7-12(9)16)11-8-17-13(15-11)14(2,3)4/h5-8,16H,1-4H3. The average molecular weight is 231 g/mol. The van der Waals surface area contributed by atoms with Gasteiger partial charge in [-0.05, 0) is 18.6 Å². The summed E-state index contributed by atoms with van der Waals surface area (Å²) < 4.78 is 5.46. The lowest BCUT2D eigenvalue weighted by Crippen LogP contribution is -2.11. The number of nitrogens with zero attached hydrogens (tertiary/aromatic N) is 1. The maximum Gasteiger partial charge on any atom is 0.199 e. The van der Waals surface area contributed by atoms with E-state index >= 15 is 0 Å². The molecule has 0 bridgehead atoms. The molecule has 2 aromatic rings. The smallest absolute Gasteiger partial charge is 0.199 e. The molecule has 0 aliphatic heterocycles. The maximum atomic E-state index is 9.67. The molecule has 2 rings (SSSR count). The Hall–Kier alpha value is -1.77. The number of aromatic hydroxyl groups is 1. The van der Waals surface area contributed by atoms with Crippen molar-refractivity contribution in [1.29, 1.82) is 0 Å². The Morgan fingerprint density at radius 3 is 2.47 bits per heavy atom. The largest absolute Gasteiger partial charge is 0.508 e. The molecule has 3 nitrogen and oxygen atoms in total. The van der Waals surface area contributed by atoms with Gasteiger partial charge in [0.2, 0.25) is 0 Å². The van der Waals surface area contributed by atoms with Crippen LogP contribution < -0.4 is 0 Å². The van der Waals surface area contributed by atoms with Crippen molar-refractivity contribution < 1.29 is 9.52 Å². The zero-order valence-corrected chi connectivity index (χ0v) is 10.6. The second-order valence-corrected chi connectivity index (χ2v) is 5.29. The van der Waals surface area contributed by atoms with E-state index in [4.69, 9.17) is 4.42 Å². The molecule has 0 saturated heterocycles. The lowest BCUT2D eigenvalue weighted by atomic mass is 9.97.